The lowest BCUT2D eigenvalue weighted by Crippen LogP contribution is -2.37. The van der Waals surface area contributed by atoms with Gasteiger partial charge >= 0.3 is 0 Å². The fourth-order valence-electron chi connectivity index (χ4n) is 3.96. The summed E-state index contributed by atoms with van der Waals surface area (Å²) >= 11 is 4.64. The monoisotopic (exact) mass is 255 g/mol. The second-order valence-corrected chi connectivity index (χ2v) is 6.85. The second kappa shape index (κ2) is 5.52. The molecule has 2 rings (SSSR count). The normalized spacial score (nSPS) is 27.7. The lowest BCUT2D eigenvalue weighted by molar-refractivity contribution is 0.173. The van der Waals surface area contributed by atoms with Crippen LogP contribution in [0.4, 0.5) is 0 Å². The molecule has 100 valence electrons. The van der Waals surface area contributed by atoms with Crippen LogP contribution in [-0.4, -0.2) is 30.3 Å². The number of hydrogen-bond acceptors (Lipinski definition) is 2. The first kappa shape index (κ1) is 13.7. The standard InChI is InChI=1S/C15H29NS/c1-3-14(4-2)9-10-16(11-14)12-15(13-17)7-5-6-8-15/h17H,3-13H2,1-2H3. The minimum atomic E-state index is 0.556. The zero-order valence-electron chi connectivity index (χ0n) is 11.7. The highest BCUT2D eigenvalue weighted by Crippen LogP contribution is 2.43. The third kappa shape index (κ3) is 2.84. The molecule has 0 bridgehead atoms. The molecule has 0 spiro atoms. The SMILES string of the molecule is CCC1(CC)CCN(CC2(CS)CCCC2)C1. The summed E-state index contributed by atoms with van der Waals surface area (Å²) in [5.41, 5.74) is 1.19. The summed E-state index contributed by atoms with van der Waals surface area (Å²) in [7, 11) is 0. The molecule has 0 N–H and O–H groups in total. The molecular formula is C15H29NS. The molecule has 0 unspecified atom stereocenters. The minimum absolute atomic E-state index is 0.556. The molecule has 1 aliphatic heterocycles. The molecule has 17 heavy (non-hydrogen) atoms. The average molecular weight is 255 g/mol. The molecule has 1 saturated carbocycles. The van der Waals surface area contributed by atoms with Gasteiger partial charge in [-0.05, 0) is 55.2 Å². The Kier molecular flexibility index (Phi) is 4.46. The van der Waals surface area contributed by atoms with Gasteiger partial charge in [-0.2, -0.15) is 12.6 Å². The Bertz CT molecular complexity index is 241. The van der Waals surface area contributed by atoms with Crippen LogP contribution in [0.1, 0.15) is 58.8 Å². The Balaban J connectivity index is 1.92. The quantitative estimate of drug-likeness (QED) is 0.727. The molecule has 2 heteroatoms. The van der Waals surface area contributed by atoms with Crippen molar-refractivity contribution in [2.75, 3.05) is 25.4 Å². The third-order valence-electron chi connectivity index (χ3n) is 5.58. The number of nitrogens with zero attached hydrogens (tertiary/aromatic N) is 1. The first-order valence-electron chi connectivity index (χ1n) is 7.51. The molecule has 0 aromatic carbocycles. The van der Waals surface area contributed by atoms with Crippen molar-refractivity contribution < 1.29 is 0 Å². The first-order valence-corrected chi connectivity index (χ1v) is 8.14. The maximum atomic E-state index is 4.64. The Morgan fingerprint density at radius 2 is 1.65 bits per heavy atom. The summed E-state index contributed by atoms with van der Waals surface area (Å²) in [6, 6.07) is 0. The van der Waals surface area contributed by atoms with Crippen LogP contribution in [0.2, 0.25) is 0 Å². The van der Waals surface area contributed by atoms with Gasteiger partial charge in [0.2, 0.25) is 0 Å². The molecule has 0 aromatic rings. The molecule has 0 amide bonds. The van der Waals surface area contributed by atoms with E-state index in [9.17, 15) is 0 Å². The molecule has 0 radical (unpaired) electrons. The van der Waals surface area contributed by atoms with Crippen LogP contribution in [0.3, 0.4) is 0 Å². The van der Waals surface area contributed by atoms with E-state index in [1.54, 1.807) is 0 Å². The fourth-order valence-corrected chi connectivity index (χ4v) is 4.37. The van der Waals surface area contributed by atoms with Crippen LogP contribution in [0.5, 0.6) is 0 Å². The van der Waals surface area contributed by atoms with E-state index in [0.29, 0.717) is 10.8 Å². The van der Waals surface area contributed by atoms with Crippen molar-refractivity contribution in [3.05, 3.63) is 0 Å². The van der Waals surface area contributed by atoms with Crippen molar-refractivity contribution in [3.8, 4) is 0 Å². The topological polar surface area (TPSA) is 3.24 Å². The van der Waals surface area contributed by atoms with Crippen LogP contribution >= 0.6 is 12.6 Å². The Morgan fingerprint density at radius 1 is 1.00 bits per heavy atom. The smallest absolute Gasteiger partial charge is 0.00460 e. The predicted octanol–water partition coefficient (Wildman–Crippen LogP) is 3.99. The van der Waals surface area contributed by atoms with E-state index in [-0.39, 0.29) is 0 Å². The van der Waals surface area contributed by atoms with Crippen LogP contribution in [0.25, 0.3) is 0 Å². The van der Waals surface area contributed by atoms with Crippen molar-refractivity contribution in [2.45, 2.75) is 58.8 Å². The molecular weight excluding hydrogens is 226 g/mol. The third-order valence-corrected chi connectivity index (χ3v) is 6.25. The highest BCUT2D eigenvalue weighted by molar-refractivity contribution is 7.80. The maximum absolute atomic E-state index is 4.64. The number of hydrogen-bond donors (Lipinski definition) is 1. The Hall–Kier alpha value is 0.310. The van der Waals surface area contributed by atoms with Gasteiger partial charge in [0, 0.05) is 13.1 Å². The minimum Gasteiger partial charge on any atom is -0.302 e. The number of thiol groups is 1. The zero-order valence-corrected chi connectivity index (χ0v) is 12.6. The molecule has 2 aliphatic rings. The summed E-state index contributed by atoms with van der Waals surface area (Å²) < 4.78 is 0. The lowest BCUT2D eigenvalue weighted by atomic mass is 9.81. The van der Waals surface area contributed by atoms with Crippen molar-refractivity contribution in [1.29, 1.82) is 0 Å². The van der Waals surface area contributed by atoms with Gasteiger partial charge < -0.3 is 4.90 Å². The Morgan fingerprint density at radius 3 is 2.12 bits per heavy atom. The molecule has 1 saturated heterocycles. The van der Waals surface area contributed by atoms with Crippen molar-refractivity contribution in [2.24, 2.45) is 10.8 Å². The highest BCUT2D eigenvalue weighted by atomic mass is 32.1. The van der Waals surface area contributed by atoms with E-state index in [1.807, 2.05) is 0 Å². The van der Waals surface area contributed by atoms with Crippen LogP contribution in [0, 0.1) is 10.8 Å². The van der Waals surface area contributed by atoms with Gasteiger partial charge in [-0.15, -0.1) is 0 Å². The van der Waals surface area contributed by atoms with Gasteiger partial charge in [-0.1, -0.05) is 26.7 Å². The van der Waals surface area contributed by atoms with Crippen molar-refractivity contribution >= 4 is 12.6 Å². The zero-order chi connectivity index (χ0) is 12.4. The molecule has 1 heterocycles. The summed E-state index contributed by atoms with van der Waals surface area (Å²) in [5.74, 6) is 1.09. The molecule has 2 fully saturated rings. The van der Waals surface area contributed by atoms with Gasteiger partial charge in [-0.3, -0.25) is 0 Å². The number of rotatable bonds is 5. The summed E-state index contributed by atoms with van der Waals surface area (Å²) in [4.78, 5) is 2.74. The van der Waals surface area contributed by atoms with Crippen LogP contribution in [-0.2, 0) is 0 Å². The van der Waals surface area contributed by atoms with Gasteiger partial charge in [0.25, 0.3) is 0 Å². The van der Waals surface area contributed by atoms with Gasteiger partial charge in [0.1, 0.15) is 0 Å². The average Bonchev–Trinajstić information content (AvgIpc) is 2.98. The van der Waals surface area contributed by atoms with Gasteiger partial charge in [0.15, 0.2) is 0 Å². The maximum Gasteiger partial charge on any atom is 0.00460 e. The Labute approximate surface area is 113 Å². The predicted molar refractivity (Wildman–Crippen MR) is 78.8 cm³/mol. The summed E-state index contributed by atoms with van der Waals surface area (Å²) in [5, 5.41) is 0. The fraction of sp³-hybridized carbons (Fsp3) is 1.00. The van der Waals surface area contributed by atoms with E-state index < -0.39 is 0 Å². The van der Waals surface area contributed by atoms with Gasteiger partial charge in [0.05, 0.1) is 0 Å². The van der Waals surface area contributed by atoms with Crippen LogP contribution in [0.15, 0.2) is 0 Å². The largest absolute Gasteiger partial charge is 0.302 e. The highest BCUT2D eigenvalue weighted by Gasteiger charge is 2.40. The first-order chi connectivity index (χ1) is 8.17. The second-order valence-electron chi connectivity index (χ2n) is 6.53. The van der Waals surface area contributed by atoms with Crippen LogP contribution < -0.4 is 0 Å². The molecule has 0 aromatic heterocycles. The molecule has 1 nitrogen and oxygen atoms in total. The van der Waals surface area contributed by atoms with E-state index >= 15 is 0 Å². The van der Waals surface area contributed by atoms with Crippen molar-refractivity contribution in [1.82, 2.24) is 4.90 Å². The summed E-state index contributed by atoms with van der Waals surface area (Å²) in [6.07, 6.45) is 9.82. The van der Waals surface area contributed by atoms with E-state index in [4.69, 9.17) is 0 Å². The number of likely N-dealkylation sites (tertiary alicyclic amines) is 1. The van der Waals surface area contributed by atoms with E-state index in [2.05, 4.69) is 31.4 Å². The van der Waals surface area contributed by atoms with Crippen molar-refractivity contribution in [3.63, 3.8) is 0 Å². The van der Waals surface area contributed by atoms with Gasteiger partial charge in [-0.25, -0.2) is 0 Å². The summed E-state index contributed by atoms with van der Waals surface area (Å²) in [6.45, 7) is 8.74. The molecule has 0 atom stereocenters. The van der Waals surface area contributed by atoms with E-state index in [1.165, 1.54) is 64.6 Å². The lowest BCUT2D eigenvalue weighted by Gasteiger charge is -2.33. The van der Waals surface area contributed by atoms with E-state index in [0.717, 1.165) is 5.75 Å². The molecule has 1 aliphatic carbocycles.